The van der Waals surface area contributed by atoms with E-state index in [0.717, 1.165) is 5.56 Å². The summed E-state index contributed by atoms with van der Waals surface area (Å²) in [6.07, 6.45) is 0. The van der Waals surface area contributed by atoms with Crippen LogP contribution in [0.2, 0.25) is 0 Å². The van der Waals surface area contributed by atoms with Crippen molar-refractivity contribution in [2.24, 2.45) is 0 Å². The van der Waals surface area contributed by atoms with Gasteiger partial charge in [-0.2, -0.15) is 0 Å². The molecule has 0 unspecified atom stereocenters. The van der Waals surface area contributed by atoms with Gasteiger partial charge in [0.05, 0.1) is 12.3 Å². The van der Waals surface area contributed by atoms with E-state index in [4.69, 9.17) is 4.65 Å². The van der Waals surface area contributed by atoms with Crippen molar-refractivity contribution in [2.75, 3.05) is 11.9 Å². The first kappa shape index (κ1) is 9.49. The van der Waals surface area contributed by atoms with Crippen LogP contribution in [0.5, 0.6) is 0 Å². The molecule has 0 bridgehead atoms. The van der Waals surface area contributed by atoms with Gasteiger partial charge in [-0.25, -0.2) is 4.39 Å². The second-order valence-corrected chi connectivity index (χ2v) is 3.22. The minimum atomic E-state index is -0.914. The Morgan fingerprint density at radius 1 is 1.64 bits per heavy atom. The largest absolute Gasteiger partial charge is 0.491 e. The van der Waals surface area contributed by atoms with E-state index in [1.807, 2.05) is 6.92 Å². The number of anilines is 1. The molecule has 1 heterocycles. The number of hydrogen-bond acceptors (Lipinski definition) is 3. The highest BCUT2D eigenvalue weighted by Gasteiger charge is 2.28. The van der Waals surface area contributed by atoms with Crippen molar-refractivity contribution in [3.8, 4) is 0 Å². The topological polar surface area (TPSA) is 41.5 Å². The van der Waals surface area contributed by atoms with Gasteiger partial charge in [0.2, 0.25) is 0 Å². The zero-order valence-electron chi connectivity index (χ0n) is 7.88. The molecule has 1 aliphatic heterocycles. The molecule has 5 heteroatoms. The Bertz CT molecular complexity index is 359. The molecule has 0 saturated carbocycles. The van der Waals surface area contributed by atoms with Crippen LogP contribution in [0, 0.1) is 5.82 Å². The molecule has 14 heavy (non-hydrogen) atoms. The van der Waals surface area contributed by atoms with Crippen molar-refractivity contribution in [3.63, 3.8) is 0 Å². The molecule has 0 saturated heterocycles. The van der Waals surface area contributed by atoms with Crippen LogP contribution < -0.4 is 10.8 Å². The highest BCUT2D eigenvalue weighted by atomic mass is 19.1. The number of nitrogens with one attached hydrogen (secondary N) is 1. The summed E-state index contributed by atoms with van der Waals surface area (Å²) >= 11 is 0. The van der Waals surface area contributed by atoms with Crippen LogP contribution in [0.25, 0.3) is 0 Å². The van der Waals surface area contributed by atoms with Crippen LogP contribution in [-0.4, -0.2) is 18.7 Å². The van der Waals surface area contributed by atoms with Crippen LogP contribution in [-0.2, 0) is 11.3 Å². The Kier molecular flexibility index (Phi) is 2.43. The minimum absolute atomic E-state index is 0.278. The number of halogens is 1. The lowest BCUT2D eigenvalue weighted by Gasteiger charge is -2.07. The Balaban J connectivity index is 2.41. The van der Waals surface area contributed by atoms with E-state index in [1.54, 1.807) is 6.07 Å². The summed E-state index contributed by atoms with van der Waals surface area (Å²) in [5, 5.41) is 12.3. The zero-order valence-corrected chi connectivity index (χ0v) is 7.88. The molecule has 0 spiro atoms. The Morgan fingerprint density at radius 3 is 3.14 bits per heavy atom. The molecule has 0 radical (unpaired) electrons. The van der Waals surface area contributed by atoms with Gasteiger partial charge in [0.25, 0.3) is 0 Å². The second-order valence-electron chi connectivity index (χ2n) is 3.22. The van der Waals surface area contributed by atoms with Gasteiger partial charge in [-0.1, -0.05) is 0 Å². The third kappa shape index (κ3) is 1.49. The molecule has 0 amide bonds. The SMILES string of the molecule is CCNc1cc2c(cc1F)COB2O. The van der Waals surface area contributed by atoms with Crippen LogP contribution >= 0.6 is 0 Å². The van der Waals surface area contributed by atoms with E-state index in [2.05, 4.69) is 5.32 Å². The zero-order chi connectivity index (χ0) is 10.1. The quantitative estimate of drug-likeness (QED) is 0.674. The maximum atomic E-state index is 13.4. The highest BCUT2D eigenvalue weighted by molar-refractivity contribution is 6.61. The van der Waals surface area contributed by atoms with Gasteiger partial charge in [0.15, 0.2) is 0 Å². The molecule has 1 aromatic rings. The lowest BCUT2D eigenvalue weighted by atomic mass is 9.79. The van der Waals surface area contributed by atoms with Crippen molar-refractivity contribution >= 4 is 18.3 Å². The summed E-state index contributed by atoms with van der Waals surface area (Å²) in [7, 11) is -0.914. The van der Waals surface area contributed by atoms with E-state index in [0.29, 0.717) is 17.7 Å². The molecule has 0 aromatic heterocycles. The Morgan fingerprint density at radius 2 is 2.43 bits per heavy atom. The molecule has 1 aromatic carbocycles. The van der Waals surface area contributed by atoms with Gasteiger partial charge in [-0.3, -0.25) is 0 Å². The molecule has 2 rings (SSSR count). The van der Waals surface area contributed by atoms with Gasteiger partial charge < -0.3 is 15.0 Å². The van der Waals surface area contributed by atoms with E-state index in [9.17, 15) is 9.41 Å². The van der Waals surface area contributed by atoms with E-state index in [1.165, 1.54) is 6.07 Å². The van der Waals surface area contributed by atoms with Gasteiger partial charge >= 0.3 is 7.12 Å². The number of benzene rings is 1. The normalized spacial score (nSPS) is 14.4. The predicted molar refractivity (Wildman–Crippen MR) is 53.0 cm³/mol. The number of rotatable bonds is 2. The summed E-state index contributed by atoms with van der Waals surface area (Å²) in [5.41, 5.74) is 1.79. The molecular weight excluding hydrogens is 184 g/mol. The van der Waals surface area contributed by atoms with Crippen molar-refractivity contribution in [1.29, 1.82) is 0 Å². The molecule has 1 aliphatic rings. The third-order valence-electron chi connectivity index (χ3n) is 2.26. The molecule has 0 fully saturated rings. The van der Waals surface area contributed by atoms with Crippen LogP contribution in [0.1, 0.15) is 12.5 Å². The lowest BCUT2D eigenvalue weighted by Crippen LogP contribution is -2.28. The van der Waals surface area contributed by atoms with Crippen molar-refractivity contribution < 1.29 is 14.1 Å². The maximum Gasteiger partial charge on any atom is 0.491 e. The van der Waals surface area contributed by atoms with Gasteiger partial charge in [-0.15, -0.1) is 0 Å². The monoisotopic (exact) mass is 195 g/mol. The molecule has 0 aliphatic carbocycles. The summed E-state index contributed by atoms with van der Waals surface area (Å²) in [6.45, 7) is 2.81. The van der Waals surface area contributed by atoms with Gasteiger partial charge in [0, 0.05) is 6.54 Å². The van der Waals surface area contributed by atoms with Crippen LogP contribution in [0.4, 0.5) is 10.1 Å². The highest BCUT2D eigenvalue weighted by Crippen LogP contribution is 2.18. The molecular formula is C9H11BFNO2. The van der Waals surface area contributed by atoms with Crippen LogP contribution in [0.15, 0.2) is 12.1 Å². The molecule has 74 valence electrons. The Hall–Kier alpha value is -1.07. The van der Waals surface area contributed by atoms with Crippen LogP contribution in [0.3, 0.4) is 0 Å². The minimum Gasteiger partial charge on any atom is -0.423 e. The van der Waals surface area contributed by atoms with E-state index in [-0.39, 0.29) is 12.4 Å². The first-order valence-electron chi connectivity index (χ1n) is 4.58. The Labute approximate surface area is 82.0 Å². The third-order valence-corrected chi connectivity index (χ3v) is 2.26. The van der Waals surface area contributed by atoms with Crippen molar-refractivity contribution in [1.82, 2.24) is 0 Å². The average Bonchev–Trinajstić information content (AvgIpc) is 2.49. The maximum absolute atomic E-state index is 13.4. The predicted octanol–water partition coefficient (Wildman–Crippen LogP) is 0.475. The standard InChI is InChI=1S/C9H11BFNO2/c1-2-12-9-4-7-6(3-8(9)11)5-14-10(7)13/h3-4,12-13H,2,5H2,1H3. The average molecular weight is 195 g/mol. The summed E-state index contributed by atoms with van der Waals surface area (Å²) in [4.78, 5) is 0. The molecule has 0 atom stereocenters. The smallest absolute Gasteiger partial charge is 0.423 e. The van der Waals surface area contributed by atoms with Crippen molar-refractivity contribution in [3.05, 3.63) is 23.5 Å². The molecule has 3 nitrogen and oxygen atoms in total. The second kappa shape index (κ2) is 3.59. The van der Waals surface area contributed by atoms with Gasteiger partial charge in [0.1, 0.15) is 5.82 Å². The number of hydrogen-bond donors (Lipinski definition) is 2. The lowest BCUT2D eigenvalue weighted by molar-refractivity contribution is 0.275. The fourth-order valence-electron chi connectivity index (χ4n) is 1.57. The summed E-state index contributed by atoms with van der Waals surface area (Å²) < 4.78 is 18.3. The first-order chi connectivity index (χ1) is 6.72. The first-order valence-corrected chi connectivity index (χ1v) is 4.58. The molecule has 2 N–H and O–H groups in total. The van der Waals surface area contributed by atoms with E-state index < -0.39 is 7.12 Å². The summed E-state index contributed by atoms with van der Waals surface area (Å²) in [5.74, 6) is -0.302. The van der Waals surface area contributed by atoms with E-state index >= 15 is 0 Å². The van der Waals surface area contributed by atoms with Gasteiger partial charge in [-0.05, 0) is 30.1 Å². The van der Waals surface area contributed by atoms with Crippen molar-refractivity contribution in [2.45, 2.75) is 13.5 Å². The fraction of sp³-hybridized carbons (Fsp3) is 0.333. The summed E-state index contributed by atoms with van der Waals surface area (Å²) in [6, 6.07) is 3.01. The fourth-order valence-corrected chi connectivity index (χ4v) is 1.57. The number of fused-ring (bicyclic) bond motifs is 1.